The third-order valence-electron chi connectivity index (χ3n) is 4.77. The molecule has 2 aliphatic rings. The second-order valence-electron chi connectivity index (χ2n) is 6.78. The largest absolute Gasteiger partial charge is 0.486 e. The van der Waals surface area contributed by atoms with Crippen LogP contribution in [0.3, 0.4) is 0 Å². The molecule has 1 N–H and O–H groups in total. The Balaban J connectivity index is 1.42. The van der Waals surface area contributed by atoms with Crippen LogP contribution >= 0.6 is 0 Å². The number of nitrogens with zero attached hydrogens (tertiary/aromatic N) is 1. The minimum atomic E-state index is -4.46. The lowest BCUT2D eigenvalue weighted by atomic mass is 10.1. The fourth-order valence-corrected chi connectivity index (χ4v) is 3.33. The van der Waals surface area contributed by atoms with E-state index in [1.807, 2.05) is 0 Å². The zero-order valence-electron chi connectivity index (χ0n) is 15.2. The summed E-state index contributed by atoms with van der Waals surface area (Å²) in [5.41, 5.74) is -0.0939. The van der Waals surface area contributed by atoms with Gasteiger partial charge in [0.15, 0.2) is 11.5 Å². The number of benzene rings is 2. The van der Waals surface area contributed by atoms with Gasteiger partial charge in [0.05, 0.1) is 11.6 Å². The van der Waals surface area contributed by atoms with Crippen LogP contribution in [0, 0.1) is 0 Å². The monoisotopic (exact) mass is 406 g/mol. The molecule has 4 rings (SSSR count). The first-order chi connectivity index (χ1) is 13.8. The minimum absolute atomic E-state index is 0.0980. The Kier molecular flexibility index (Phi) is 4.81. The Morgan fingerprint density at radius 3 is 2.41 bits per heavy atom. The Hall–Kier alpha value is -3.23. The molecular weight excluding hydrogens is 389 g/mol. The fourth-order valence-electron chi connectivity index (χ4n) is 3.33. The van der Waals surface area contributed by atoms with Crippen molar-refractivity contribution in [1.82, 2.24) is 5.32 Å². The maximum Gasteiger partial charge on any atom is 0.416 e. The van der Waals surface area contributed by atoms with E-state index in [0.29, 0.717) is 30.4 Å². The second-order valence-corrected chi connectivity index (χ2v) is 6.78. The van der Waals surface area contributed by atoms with Crippen LogP contribution in [0.15, 0.2) is 42.5 Å². The van der Waals surface area contributed by atoms with Crippen molar-refractivity contribution >= 4 is 17.5 Å². The minimum Gasteiger partial charge on any atom is -0.486 e. The van der Waals surface area contributed by atoms with Crippen LogP contribution in [0.1, 0.15) is 22.3 Å². The van der Waals surface area contributed by atoms with Crippen molar-refractivity contribution in [2.45, 2.75) is 18.6 Å². The van der Waals surface area contributed by atoms with Gasteiger partial charge in [-0.25, -0.2) is 0 Å². The van der Waals surface area contributed by atoms with Gasteiger partial charge in [0, 0.05) is 30.3 Å². The molecule has 1 unspecified atom stereocenters. The lowest BCUT2D eigenvalue weighted by Gasteiger charge is -2.22. The van der Waals surface area contributed by atoms with Gasteiger partial charge in [-0.15, -0.1) is 0 Å². The van der Waals surface area contributed by atoms with E-state index in [0.717, 1.165) is 24.3 Å². The Morgan fingerprint density at radius 2 is 1.72 bits per heavy atom. The topological polar surface area (TPSA) is 67.9 Å². The Labute approximate surface area is 164 Å². The second kappa shape index (κ2) is 7.31. The maximum atomic E-state index is 12.6. The summed E-state index contributed by atoms with van der Waals surface area (Å²) < 4.78 is 48.9. The predicted molar refractivity (Wildman–Crippen MR) is 97.1 cm³/mol. The van der Waals surface area contributed by atoms with E-state index >= 15 is 0 Å². The van der Waals surface area contributed by atoms with E-state index in [1.54, 1.807) is 18.2 Å². The summed E-state index contributed by atoms with van der Waals surface area (Å²) in [5.74, 6) is 0.470. The quantitative estimate of drug-likeness (QED) is 0.851. The summed E-state index contributed by atoms with van der Waals surface area (Å²) >= 11 is 0. The van der Waals surface area contributed by atoms with Gasteiger partial charge in [0.25, 0.3) is 5.91 Å². The Morgan fingerprint density at radius 1 is 1.03 bits per heavy atom. The van der Waals surface area contributed by atoms with Crippen molar-refractivity contribution in [2.75, 3.05) is 24.7 Å². The zero-order valence-corrected chi connectivity index (χ0v) is 15.2. The number of ether oxygens (including phenoxy) is 2. The molecule has 0 aliphatic carbocycles. The first kappa shape index (κ1) is 19.1. The smallest absolute Gasteiger partial charge is 0.416 e. The maximum absolute atomic E-state index is 12.6. The number of amides is 2. The van der Waals surface area contributed by atoms with Crippen LogP contribution in [0.2, 0.25) is 0 Å². The lowest BCUT2D eigenvalue weighted by Crippen LogP contribution is -2.37. The van der Waals surface area contributed by atoms with Crippen molar-refractivity contribution in [3.63, 3.8) is 0 Å². The van der Waals surface area contributed by atoms with Gasteiger partial charge in [-0.2, -0.15) is 13.2 Å². The van der Waals surface area contributed by atoms with Crippen LogP contribution < -0.4 is 19.7 Å². The highest BCUT2D eigenvalue weighted by Gasteiger charge is 2.33. The number of carbonyl (C=O) groups is 2. The zero-order chi connectivity index (χ0) is 20.6. The van der Waals surface area contributed by atoms with Crippen LogP contribution in [0.5, 0.6) is 11.5 Å². The molecule has 0 spiro atoms. The fraction of sp³-hybridized carbons (Fsp3) is 0.300. The molecule has 29 heavy (non-hydrogen) atoms. The molecule has 2 heterocycles. The molecule has 1 saturated heterocycles. The number of anilines is 1. The molecule has 2 aromatic rings. The third-order valence-corrected chi connectivity index (χ3v) is 4.77. The number of carbonyl (C=O) groups excluding carboxylic acids is 2. The van der Waals surface area contributed by atoms with Gasteiger partial charge in [0.2, 0.25) is 5.91 Å². The molecular formula is C20H17F3N2O4. The Bertz CT molecular complexity index is 944. The number of hydrogen-bond acceptors (Lipinski definition) is 4. The van der Waals surface area contributed by atoms with Crippen molar-refractivity contribution in [3.05, 3.63) is 53.6 Å². The van der Waals surface area contributed by atoms with Gasteiger partial charge in [-0.05, 0) is 36.4 Å². The molecule has 0 aromatic heterocycles. The molecule has 0 bridgehead atoms. The van der Waals surface area contributed by atoms with Gasteiger partial charge in [-0.1, -0.05) is 0 Å². The van der Waals surface area contributed by atoms with Crippen molar-refractivity contribution in [1.29, 1.82) is 0 Å². The number of halogens is 3. The number of fused-ring (bicyclic) bond motifs is 1. The van der Waals surface area contributed by atoms with E-state index in [2.05, 4.69) is 5.32 Å². The first-order valence-electron chi connectivity index (χ1n) is 8.99. The standard InChI is InChI=1S/C20H17F3N2O4/c21-20(22,23)13-3-1-12(2-4-13)19(27)24-14-9-18(26)25(11-14)15-5-6-16-17(10-15)29-8-7-28-16/h1-6,10,14H,7-9,11H2,(H,24,27). The van der Waals surface area contributed by atoms with Gasteiger partial charge < -0.3 is 19.7 Å². The molecule has 1 fully saturated rings. The molecule has 2 aliphatic heterocycles. The predicted octanol–water partition coefficient (Wildman–Crippen LogP) is 3.01. The number of rotatable bonds is 3. The summed E-state index contributed by atoms with van der Waals surface area (Å²) in [4.78, 5) is 26.3. The summed E-state index contributed by atoms with van der Waals surface area (Å²) in [7, 11) is 0. The van der Waals surface area contributed by atoms with E-state index in [-0.39, 0.29) is 24.4 Å². The normalized spacial score (nSPS) is 18.7. The molecule has 1 atom stereocenters. The average molecular weight is 406 g/mol. The molecule has 6 nitrogen and oxygen atoms in total. The van der Waals surface area contributed by atoms with E-state index in [9.17, 15) is 22.8 Å². The van der Waals surface area contributed by atoms with Crippen molar-refractivity contribution in [3.8, 4) is 11.5 Å². The molecule has 0 saturated carbocycles. The van der Waals surface area contributed by atoms with Crippen molar-refractivity contribution in [2.24, 2.45) is 0 Å². The average Bonchev–Trinajstić information content (AvgIpc) is 3.07. The van der Waals surface area contributed by atoms with E-state index in [4.69, 9.17) is 9.47 Å². The number of nitrogens with one attached hydrogen (secondary N) is 1. The third kappa shape index (κ3) is 3.98. The van der Waals surface area contributed by atoms with Crippen LogP contribution in [0.4, 0.5) is 18.9 Å². The summed E-state index contributed by atoms with van der Waals surface area (Å²) in [6.45, 7) is 1.15. The molecule has 2 aromatic carbocycles. The summed E-state index contributed by atoms with van der Waals surface area (Å²) in [6, 6.07) is 8.68. The number of hydrogen-bond donors (Lipinski definition) is 1. The van der Waals surface area contributed by atoms with Crippen molar-refractivity contribution < 1.29 is 32.2 Å². The lowest BCUT2D eigenvalue weighted by molar-refractivity contribution is -0.137. The molecule has 0 radical (unpaired) electrons. The highest BCUT2D eigenvalue weighted by molar-refractivity contribution is 5.99. The van der Waals surface area contributed by atoms with Gasteiger partial charge >= 0.3 is 6.18 Å². The summed E-state index contributed by atoms with van der Waals surface area (Å²) in [6.07, 6.45) is -4.36. The van der Waals surface area contributed by atoms with Gasteiger partial charge in [0.1, 0.15) is 13.2 Å². The molecule has 152 valence electrons. The van der Waals surface area contributed by atoms with Gasteiger partial charge in [-0.3, -0.25) is 9.59 Å². The highest BCUT2D eigenvalue weighted by Crippen LogP contribution is 2.35. The van der Waals surface area contributed by atoms with Crippen LogP contribution in [-0.4, -0.2) is 37.6 Å². The molecule has 9 heteroatoms. The highest BCUT2D eigenvalue weighted by atomic mass is 19.4. The van der Waals surface area contributed by atoms with E-state index in [1.165, 1.54) is 4.90 Å². The summed E-state index contributed by atoms with van der Waals surface area (Å²) in [5, 5.41) is 2.71. The van der Waals surface area contributed by atoms with Crippen LogP contribution in [-0.2, 0) is 11.0 Å². The van der Waals surface area contributed by atoms with Crippen LogP contribution in [0.25, 0.3) is 0 Å². The SMILES string of the molecule is O=C(NC1CC(=O)N(c2ccc3c(c2)OCCO3)C1)c1ccc(C(F)(F)F)cc1. The first-order valence-corrected chi connectivity index (χ1v) is 8.99. The number of alkyl halides is 3. The molecule has 2 amide bonds. The van der Waals surface area contributed by atoms with E-state index < -0.39 is 23.7 Å².